The SMILES string of the molecule is CSc1ccc([C@H]2CC3(C)C(CC[C@@]3(C)C(C)(F)C(C)(F)F)C3CC[C@@]4(O)CC5(CCC4=C32)OCC(C)(C)CO5)cc1. The van der Waals surface area contributed by atoms with Crippen molar-refractivity contribution in [3.8, 4) is 0 Å². The molecular formula is C35H49F3O3S. The molecule has 0 amide bonds. The summed E-state index contributed by atoms with van der Waals surface area (Å²) in [6, 6.07) is 8.57. The number of ether oxygens (including phenoxy) is 2. The van der Waals surface area contributed by atoms with E-state index < -0.39 is 33.8 Å². The summed E-state index contributed by atoms with van der Waals surface area (Å²) in [6.45, 7) is 11.3. The van der Waals surface area contributed by atoms with Gasteiger partial charge in [0.15, 0.2) is 11.5 Å². The summed E-state index contributed by atoms with van der Waals surface area (Å²) >= 11 is 1.68. The van der Waals surface area contributed by atoms with E-state index in [2.05, 4.69) is 51.3 Å². The lowest BCUT2D eigenvalue weighted by Gasteiger charge is -2.61. The first-order chi connectivity index (χ1) is 19.4. The first kappa shape index (κ1) is 31.0. The number of allylic oxidation sites excluding steroid dienone is 1. The third-order valence-corrected chi connectivity index (χ3v) is 13.6. The van der Waals surface area contributed by atoms with Crippen LogP contribution in [0.1, 0.15) is 104 Å². The van der Waals surface area contributed by atoms with Crippen LogP contribution >= 0.6 is 11.8 Å². The van der Waals surface area contributed by atoms with Crippen LogP contribution in [0.4, 0.5) is 13.2 Å². The molecule has 234 valence electrons. The topological polar surface area (TPSA) is 38.7 Å². The van der Waals surface area contributed by atoms with E-state index >= 15 is 13.2 Å². The molecule has 4 aliphatic carbocycles. The molecule has 7 heteroatoms. The number of hydrogen-bond donors (Lipinski definition) is 1. The highest BCUT2D eigenvalue weighted by molar-refractivity contribution is 7.98. The fourth-order valence-corrected chi connectivity index (χ4v) is 10.3. The van der Waals surface area contributed by atoms with Gasteiger partial charge in [0.2, 0.25) is 0 Å². The molecular weight excluding hydrogens is 557 g/mol. The molecule has 1 spiro atoms. The van der Waals surface area contributed by atoms with Crippen molar-refractivity contribution in [2.45, 2.75) is 127 Å². The van der Waals surface area contributed by atoms with Gasteiger partial charge in [0.05, 0.1) is 18.8 Å². The monoisotopic (exact) mass is 606 g/mol. The van der Waals surface area contributed by atoms with Gasteiger partial charge in [-0.25, -0.2) is 13.2 Å². The molecule has 1 aliphatic heterocycles. The van der Waals surface area contributed by atoms with E-state index in [4.69, 9.17) is 9.47 Å². The van der Waals surface area contributed by atoms with Crippen LogP contribution in [0.5, 0.6) is 0 Å². The van der Waals surface area contributed by atoms with Crippen LogP contribution in [0, 0.1) is 28.1 Å². The first-order valence-electron chi connectivity index (χ1n) is 15.9. The van der Waals surface area contributed by atoms with Crippen LogP contribution in [0.2, 0.25) is 0 Å². The van der Waals surface area contributed by atoms with Crippen molar-refractivity contribution in [2.75, 3.05) is 19.5 Å². The van der Waals surface area contributed by atoms with Gasteiger partial charge < -0.3 is 14.6 Å². The highest BCUT2D eigenvalue weighted by Gasteiger charge is 2.72. The van der Waals surface area contributed by atoms with Gasteiger partial charge >= 0.3 is 0 Å². The van der Waals surface area contributed by atoms with Crippen LogP contribution in [-0.2, 0) is 9.47 Å². The molecule has 0 bridgehead atoms. The van der Waals surface area contributed by atoms with Crippen molar-refractivity contribution in [3.05, 3.63) is 41.0 Å². The number of halogens is 3. The van der Waals surface area contributed by atoms with Crippen molar-refractivity contribution in [1.29, 1.82) is 0 Å². The van der Waals surface area contributed by atoms with E-state index in [1.54, 1.807) is 18.7 Å². The van der Waals surface area contributed by atoms with Crippen LogP contribution in [0.25, 0.3) is 0 Å². The molecule has 3 nitrogen and oxygen atoms in total. The zero-order valence-electron chi connectivity index (χ0n) is 26.4. The molecule has 4 fully saturated rings. The third kappa shape index (κ3) is 4.41. The second-order valence-electron chi connectivity index (χ2n) is 15.8. The molecule has 5 aliphatic rings. The maximum Gasteiger partial charge on any atom is 0.278 e. The van der Waals surface area contributed by atoms with Gasteiger partial charge in [-0.1, -0.05) is 45.4 Å². The van der Waals surface area contributed by atoms with E-state index in [0.29, 0.717) is 51.7 Å². The zero-order chi connectivity index (χ0) is 30.6. The standard InChI is InChI=1S/C35H49F3O3S/c1-29(2)20-40-35(41-21-29)17-14-27-28-24(12-16-34(27,39)19-35)26-13-15-31(4,32(5,36)33(6,37)38)30(26,3)18-25(28)22-8-10-23(42-7)11-9-22/h8-11,24-26,39H,12-21H2,1-7H3/t24?,25-,26?,30?,31-,32?,34-/m1/s1. The average molecular weight is 607 g/mol. The summed E-state index contributed by atoms with van der Waals surface area (Å²) in [5.41, 5.74) is -1.99. The Morgan fingerprint density at radius 3 is 2.17 bits per heavy atom. The van der Waals surface area contributed by atoms with Gasteiger partial charge in [0.25, 0.3) is 5.92 Å². The summed E-state index contributed by atoms with van der Waals surface area (Å²) in [4.78, 5) is 1.16. The van der Waals surface area contributed by atoms with Crippen molar-refractivity contribution < 1.29 is 27.8 Å². The number of hydrogen-bond acceptors (Lipinski definition) is 4. The number of fused-ring (bicyclic) bond motifs is 4. The molecule has 7 atom stereocenters. The number of aliphatic hydroxyl groups is 1. The second-order valence-corrected chi connectivity index (χ2v) is 16.6. The summed E-state index contributed by atoms with van der Waals surface area (Å²) in [7, 11) is 0. The maximum atomic E-state index is 16.5. The molecule has 42 heavy (non-hydrogen) atoms. The number of benzene rings is 1. The Hall–Kier alpha value is -1.02. The van der Waals surface area contributed by atoms with Gasteiger partial charge in [-0.05, 0) is 92.2 Å². The van der Waals surface area contributed by atoms with E-state index in [-0.39, 0.29) is 23.2 Å². The lowest BCUT2D eigenvalue weighted by Crippen LogP contribution is -2.61. The average Bonchev–Trinajstić information content (AvgIpc) is 3.20. The molecule has 1 saturated heterocycles. The number of alkyl halides is 3. The van der Waals surface area contributed by atoms with Crippen molar-refractivity contribution in [3.63, 3.8) is 0 Å². The minimum absolute atomic E-state index is 0.0541. The minimum Gasteiger partial charge on any atom is -0.385 e. The van der Waals surface area contributed by atoms with Crippen LogP contribution in [-0.4, -0.2) is 47.6 Å². The first-order valence-corrected chi connectivity index (χ1v) is 17.1. The normalized spacial score (nSPS) is 40.7. The fraction of sp³-hybridized carbons (Fsp3) is 0.771. The summed E-state index contributed by atoms with van der Waals surface area (Å²) in [5, 5.41) is 12.4. The predicted octanol–water partition coefficient (Wildman–Crippen LogP) is 9.09. The summed E-state index contributed by atoms with van der Waals surface area (Å²) in [6.07, 6.45) is 6.97. The lowest BCUT2D eigenvalue weighted by molar-refractivity contribution is -0.322. The second kappa shape index (κ2) is 9.74. The van der Waals surface area contributed by atoms with Crippen LogP contribution in [0.15, 0.2) is 40.3 Å². The van der Waals surface area contributed by atoms with Gasteiger partial charge in [-0.15, -0.1) is 11.8 Å². The molecule has 0 aromatic heterocycles. The third-order valence-electron chi connectivity index (χ3n) is 12.9. The van der Waals surface area contributed by atoms with Gasteiger partial charge in [-0.2, -0.15) is 0 Å². The Bertz CT molecular complexity index is 1240. The lowest BCUT2D eigenvalue weighted by atomic mass is 9.45. The Balaban J connectivity index is 1.45. The molecule has 1 heterocycles. The van der Waals surface area contributed by atoms with Crippen LogP contribution in [0.3, 0.4) is 0 Å². The van der Waals surface area contributed by atoms with Gasteiger partial charge in [-0.3, -0.25) is 0 Å². The smallest absolute Gasteiger partial charge is 0.278 e. The van der Waals surface area contributed by atoms with E-state index in [0.717, 1.165) is 42.7 Å². The Labute approximate surface area is 254 Å². The van der Waals surface area contributed by atoms with Crippen LogP contribution < -0.4 is 0 Å². The number of thioether (sulfide) groups is 1. The summed E-state index contributed by atoms with van der Waals surface area (Å²) in [5.74, 6) is -4.06. The molecule has 4 unspecified atom stereocenters. The van der Waals surface area contributed by atoms with Gasteiger partial charge in [0, 0.05) is 41.4 Å². The van der Waals surface area contributed by atoms with Crippen molar-refractivity contribution in [2.24, 2.45) is 28.1 Å². The molecule has 1 aromatic rings. The van der Waals surface area contributed by atoms with E-state index in [1.165, 1.54) is 5.57 Å². The largest absolute Gasteiger partial charge is 0.385 e. The number of rotatable bonds is 4. The molecule has 1 N–H and O–H groups in total. The van der Waals surface area contributed by atoms with E-state index in [9.17, 15) is 5.11 Å². The van der Waals surface area contributed by atoms with Crippen molar-refractivity contribution in [1.82, 2.24) is 0 Å². The maximum absolute atomic E-state index is 16.5. The fourth-order valence-electron chi connectivity index (χ4n) is 9.89. The highest BCUT2D eigenvalue weighted by Crippen LogP contribution is 2.74. The van der Waals surface area contributed by atoms with Gasteiger partial charge in [0.1, 0.15) is 0 Å². The van der Waals surface area contributed by atoms with Crippen molar-refractivity contribution >= 4 is 11.8 Å². The quantitative estimate of drug-likeness (QED) is 0.274. The van der Waals surface area contributed by atoms with E-state index in [1.807, 2.05) is 0 Å². The summed E-state index contributed by atoms with van der Waals surface area (Å²) < 4.78 is 59.3. The zero-order valence-corrected chi connectivity index (χ0v) is 27.2. The molecule has 3 saturated carbocycles. The molecule has 6 rings (SSSR count). The molecule has 0 radical (unpaired) electrons. The Morgan fingerprint density at radius 2 is 1.57 bits per heavy atom. The Morgan fingerprint density at radius 1 is 0.929 bits per heavy atom. The predicted molar refractivity (Wildman–Crippen MR) is 162 cm³/mol. The highest BCUT2D eigenvalue weighted by atomic mass is 32.2. The molecule has 1 aromatic carbocycles. The Kier molecular flexibility index (Phi) is 7.18. The minimum atomic E-state index is -3.45.